The van der Waals surface area contributed by atoms with Gasteiger partial charge >= 0.3 is 0 Å². The lowest BCUT2D eigenvalue weighted by molar-refractivity contribution is 0.177. The minimum Gasteiger partial charge on any atom is -0.497 e. The van der Waals surface area contributed by atoms with E-state index in [0.717, 1.165) is 55.0 Å². The highest BCUT2D eigenvalue weighted by Crippen LogP contribution is 2.18. The molecule has 0 bridgehead atoms. The van der Waals surface area contributed by atoms with E-state index in [1.165, 1.54) is 5.56 Å². The molecule has 2 aromatic carbocycles. The topological polar surface area (TPSA) is 37.0 Å². The molecule has 0 amide bonds. The van der Waals surface area contributed by atoms with Crippen LogP contribution in [0.5, 0.6) is 11.5 Å². The van der Waals surface area contributed by atoms with Gasteiger partial charge in [0.1, 0.15) is 11.5 Å². The van der Waals surface area contributed by atoms with Crippen molar-refractivity contribution in [3.05, 3.63) is 54.1 Å². The van der Waals surface area contributed by atoms with Crippen molar-refractivity contribution >= 4 is 23.0 Å². The summed E-state index contributed by atoms with van der Waals surface area (Å²) in [5.41, 5.74) is 2.26. The van der Waals surface area contributed by atoms with Gasteiger partial charge in [-0.1, -0.05) is 18.2 Å². The molecule has 0 aliphatic carbocycles. The van der Waals surface area contributed by atoms with Gasteiger partial charge < -0.3 is 19.7 Å². The van der Waals surface area contributed by atoms with Crippen molar-refractivity contribution in [2.24, 2.45) is 0 Å². The van der Waals surface area contributed by atoms with Crippen LogP contribution in [0.2, 0.25) is 0 Å². The van der Waals surface area contributed by atoms with Gasteiger partial charge in [-0.05, 0) is 42.0 Å². The number of nitrogens with one attached hydrogen (secondary N) is 1. The molecular weight excluding hydrogens is 346 g/mol. The van der Waals surface area contributed by atoms with Gasteiger partial charge in [-0.15, -0.1) is 0 Å². The Morgan fingerprint density at radius 3 is 2.31 bits per heavy atom. The van der Waals surface area contributed by atoms with Crippen molar-refractivity contribution in [1.82, 2.24) is 9.80 Å². The number of anilines is 1. The van der Waals surface area contributed by atoms with Crippen molar-refractivity contribution in [3.63, 3.8) is 0 Å². The van der Waals surface area contributed by atoms with E-state index < -0.39 is 0 Å². The van der Waals surface area contributed by atoms with Gasteiger partial charge in [0.2, 0.25) is 0 Å². The van der Waals surface area contributed by atoms with E-state index in [1.807, 2.05) is 36.4 Å². The van der Waals surface area contributed by atoms with Crippen molar-refractivity contribution in [1.29, 1.82) is 0 Å². The number of methoxy groups -OCH3 is 2. The third-order valence-electron chi connectivity index (χ3n) is 4.55. The maximum atomic E-state index is 5.57. The highest BCUT2D eigenvalue weighted by molar-refractivity contribution is 7.80. The molecule has 0 atom stereocenters. The van der Waals surface area contributed by atoms with Crippen LogP contribution in [-0.2, 0) is 6.54 Å². The first kappa shape index (κ1) is 18.5. The second kappa shape index (κ2) is 8.87. The first-order valence-electron chi connectivity index (χ1n) is 8.73. The summed E-state index contributed by atoms with van der Waals surface area (Å²) < 4.78 is 10.5. The molecular formula is C20H25N3O2S. The van der Waals surface area contributed by atoms with Gasteiger partial charge in [0.15, 0.2) is 5.11 Å². The van der Waals surface area contributed by atoms with Crippen molar-refractivity contribution in [2.45, 2.75) is 6.54 Å². The summed E-state index contributed by atoms with van der Waals surface area (Å²) in [6.45, 7) is 4.78. The second-order valence-electron chi connectivity index (χ2n) is 6.27. The Kier molecular flexibility index (Phi) is 6.30. The Balaban J connectivity index is 1.48. The van der Waals surface area contributed by atoms with Gasteiger partial charge in [-0.3, -0.25) is 4.90 Å². The fourth-order valence-electron chi connectivity index (χ4n) is 3.00. The standard InChI is InChI=1S/C20H25N3O2S/c1-24-18-8-6-16(7-9-18)15-22-10-12-23(13-11-22)20(26)21-17-4-3-5-19(14-17)25-2/h3-9,14H,10-13,15H2,1-2H3,(H,21,26). The number of benzene rings is 2. The van der Waals surface area contributed by atoms with E-state index in [4.69, 9.17) is 21.7 Å². The van der Waals surface area contributed by atoms with Gasteiger partial charge in [0, 0.05) is 44.5 Å². The molecule has 138 valence electrons. The van der Waals surface area contributed by atoms with Crippen LogP contribution < -0.4 is 14.8 Å². The molecule has 1 aliphatic heterocycles. The highest BCUT2D eigenvalue weighted by Gasteiger charge is 2.19. The molecule has 0 unspecified atom stereocenters. The molecule has 1 heterocycles. The van der Waals surface area contributed by atoms with Crippen LogP contribution >= 0.6 is 12.2 Å². The molecule has 3 rings (SSSR count). The second-order valence-corrected chi connectivity index (χ2v) is 6.66. The van der Waals surface area contributed by atoms with Crippen molar-refractivity contribution < 1.29 is 9.47 Å². The zero-order chi connectivity index (χ0) is 18.4. The summed E-state index contributed by atoms with van der Waals surface area (Å²) in [6, 6.07) is 16.1. The minimum atomic E-state index is 0.766. The smallest absolute Gasteiger partial charge is 0.173 e. The molecule has 0 saturated carbocycles. The fraction of sp³-hybridized carbons (Fsp3) is 0.350. The average Bonchev–Trinajstić information content (AvgIpc) is 2.69. The van der Waals surface area contributed by atoms with E-state index in [0.29, 0.717) is 0 Å². The summed E-state index contributed by atoms with van der Waals surface area (Å²) in [4.78, 5) is 4.67. The average molecular weight is 372 g/mol. The quantitative estimate of drug-likeness (QED) is 0.814. The molecule has 2 aromatic rings. The minimum absolute atomic E-state index is 0.766. The van der Waals surface area contributed by atoms with Crippen LogP contribution in [0.15, 0.2) is 48.5 Å². The Morgan fingerprint density at radius 1 is 0.962 bits per heavy atom. The molecule has 0 radical (unpaired) electrons. The monoisotopic (exact) mass is 371 g/mol. The lowest BCUT2D eigenvalue weighted by Gasteiger charge is -2.36. The number of nitrogens with zero attached hydrogens (tertiary/aromatic N) is 2. The maximum Gasteiger partial charge on any atom is 0.173 e. The number of ether oxygens (including phenoxy) is 2. The van der Waals surface area contributed by atoms with E-state index in [-0.39, 0.29) is 0 Å². The molecule has 26 heavy (non-hydrogen) atoms. The van der Waals surface area contributed by atoms with Crippen molar-refractivity contribution in [3.8, 4) is 11.5 Å². The first-order valence-corrected chi connectivity index (χ1v) is 9.14. The zero-order valence-corrected chi connectivity index (χ0v) is 16.1. The van der Waals surface area contributed by atoms with Crippen LogP contribution in [0.4, 0.5) is 5.69 Å². The van der Waals surface area contributed by atoms with E-state index in [9.17, 15) is 0 Å². The van der Waals surface area contributed by atoms with Gasteiger partial charge in [-0.2, -0.15) is 0 Å². The summed E-state index contributed by atoms with van der Waals surface area (Å²) in [6.07, 6.45) is 0. The lowest BCUT2D eigenvalue weighted by atomic mass is 10.2. The van der Waals surface area contributed by atoms with Gasteiger partial charge in [0.25, 0.3) is 0 Å². The van der Waals surface area contributed by atoms with Crippen LogP contribution in [0, 0.1) is 0 Å². The molecule has 0 aromatic heterocycles. The van der Waals surface area contributed by atoms with E-state index in [2.05, 4.69) is 27.2 Å². The Morgan fingerprint density at radius 2 is 1.65 bits per heavy atom. The first-order chi connectivity index (χ1) is 12.7. The number of thiocarbonyl (C=S) groups is 1. The van der Waals surface area contributed by atoms with E-state index >= 15 is 0 Å². The molecule has 1 N–H and O–H groups in total. The Bertz CT molecular complexity index is 728. The lowest BCUT2D eigenvalue weighted by Crippen LogP contribution is -2.49. The Hall–Kier alpha value is -2.31. The van der Waals surface area contributed by atoms with Gasteiger partial charge in [-0.25, -0.2) is 0 Å². The SMILES string of the molecule is COc1ccc(CN2CCN(C(=S)Nc3cccc(OC)c3)CC2)cc1. The predicted octanol–water partition coefficient (Wildman–Crippen LogP) is 3.22. The third-order valence-corrected chi connectivity index (χ3v) is 4.91. The largest absolute Gasteiger partial charge is 0.497 e. The van der Waals surface area contributed by atoms with Crippen molar-refractivity contribution in [2.75, 3.05) is 45.7 Å². The number of rotatable bonds is 5. The predicted molar refractivity (Wildman–Crippen MR) is 109 cm³/mol. The zero-order valence-electron chi connectivity index (χ0n) is 15.3. The van der Waals surface area contributed by atoms with Crippen LogP contribution in [0.3, 0.4) is 0 Å². The molecule has 1 saturated heterocycles. The van der Waals surface area contributed by atoms with E-state index in [1.54, 1.807) is 14.2 Å². The number of hydrogen-bond acceptors (Lipinski definition) is 4. The van der Waals surface area contributed by atoms with Gasteiger partial charge in [0.05, 0.1) is 14.2 Å². The van der Waals surface area contributed by atoms with Crippen LogP contribution in [-0.4, -0.2) is 55.3 Å². The summed E-state index contributed by atoms with van der Waals surface area (Å²) in [5.74, 6) is 1.72. The number of hydrogen-bond donors (Lipinski definition) is 1. The normalized spacial score (nSPS) is 14.8. The van der Waals surface area contributed by atoms with Crippen LogP contribution in [0.1, 0.15) is 5.56 Å². The fourth-order valence-corrected chi connectivity index (χ4v) is 3.30. The molecule has 6 heteroatoms. The van der Waals surface area contributed by atoms with Crippen LogP contribution in [0.25, 0.3) is 0 Å². The molecule has 5 nitrogen and oxygen atoms in total. The summed E-state index contributed by atoms with van der Waals surface area (Å²) in [5, 5.41) is 4.07. The highest BCUT2D eigenvalue weighted by atomic mass is 32.1. The molecule has 0 spiro atoms. The summed E-state index contributed by atoms with van der Waals surface area (Å²) in [7, 11) is 3.36. The molecule has 1 fully saturated rings. The summed E-state index contributed by atoms with van der Waals surface area (Å²) >= 11 is 5.57. The molecule has 1 aliphatic rings. The third kappa shape index (κ3) is 4.86. The maximum absolute atomic E-state index is 5.57. The number of piperazine rings is 1. The Labute approximate surface area is 160 Å².